The summed E-state index contributed by atoms with van der Waals surface area (Å²) in [5.41, 5.74) is 0.613. The van der Waals surface area contributed by atoms with E-state index in [0.29, 0.717) is 0 Å². The summed E-state index contributed by atoms with van der Waals surface area (Å²) in [7, 11) is 3.35. The highest BCUT2D eigenvalue weighted by atomic mass is 16.5. The topological polar surface area (TPSA) is 50.7 Å². The average Bonchev–Trinajstić information content (AvgIpc) is 2.53. The fraction of sp³-hybridized carbons (Fsp3) is 0.647. The Morgan fingerprint density at radius 1 is 1.19 bits per heavy atom. The number of rotatable bonds is 3. The zero-order valence-corrected chi connectivity index (χ0v) is 12.9. The van der Waals surface area contributed by atoms with Crippen LogP contribution in [-0.2, 0) is 0 Å². The third kappa shape index (κ3) is 2.62. The van der Waals surface area contributed by atoms with Crippen molar-refractivity contribution >= 4 is 0 Å². The molecule has 1 aromatic carbocycles. The van der Waals surface area contributed by atoms with Crippen molar-refractivity contribution in [1.29, 1.82) is 0 Å². The van der Waals surface area contributed by atoms with Crippen molar-refractivity contribution in [3.05, 3.63) is 23.8 Å². The fourth-order valence-corrected chi connectivity index (χ4v) is 4.03. The van der Waals surface area contributed by atoms with Crippen molar-refractivity contribution < 1.29 is 14.6 Å². The minimum Gasteiger partial charge on any atom is -0.497 e. The third-order valence-electron chi connectivity index (χ3n) is 5.17. The number of aliphatic hydroxyl groups is 1. The van der Waals surface area contributed by atoms with E-state index in [1.807, 2.05) is 12.1 Å². The van der Waals surface area contributed by atoms with Crippen LogP contribution < -0.4 is 14.8 Å². The molecule has 4 heteroatoms. The Balaban J connectivity index is 1.95. The van der Waals surface area contributed by atoms with Crippen LogP contribution >= 0.6 is 0 Å². The molecule has 1 aromatic rings. The molecule has 2 N–H and O–H groups in total. The first-order chi connectivity index (χ1) is 10.2. The first-order valence-corrected chi connectivity index (χ1v) is 7.85. The molecule has 1 aliphatic carbocycles. The van der Waals surface area contributed by atoms with E-state index in [0.717, 1.165) is 49.3 Å². The second-order valence-corrected chi connectivity index (χ2v) is 6.25. The molecule has 0 spiro atoms. The highest BCUT2D eigenvalue weighted by Gasteiger charge is 2.46. The van der Waals surface area contributed by atoms with Crippen LogP contribution in [0, 0.1) is 5.92 Å². The fourth-order valence-electron chi connectivity index (χ4n) is 4.03. The van der Waals surface area contributed by atoms with Crippen LogP contribution in [0.1, 0.15) is 43.7 Å². The molecule has 1 heterocycles. The minimum absolute atomic E-state index is 0.157. The van der Waals surface area contributed by atoms with Crippen LogP contribution in [0.3, 0.4) is 0 Å². The monoisotopic (exact) mass is 291 g/mol. The van der Waals surface area contributed by atoms with Crippen molar-refractivity contribution in [1.82, 2.24) is 5.32 Å². The lowest BCUT2D eigenvalue weighted by Gasteiger charge is -2.48. The highest BCUT2D eigenvalue weighted by molar-refractivity contribution is 5.43. The quantitative estimate of drug-likeness (QED) is 0.899. The lowest BCUT2D eigenvalue weighted by Crippen LogP contribution is -2.53. The predicted molar refractivity (Wildman–Crippen MR) is 81.8 cm³/mol. The van der Waals surface area contributed by atoms with E-state index in [1.165, 1.54) is 6.42 Å². The van der Waals surface area contributed by atoms with Gasteiger partial charge in [-0.25, -0.2) is 0 Å². The second-order valence-electron chi connectivity index (χ2n) is 6.25. The van der Waals surface area contributed by atoms with Gasteiger partial charge in [-0.3, -0.25) is 0 Å². The normalized spacial score (nSPS) is 32.3. The number of fused-ring (bicyclic) bond motifs is 1. The minimum atomic E-state index is -0.515. The third-order valence-corrected chi connectivity index (χ3v) is 5.17. The number of hydrogen-bond donors (Lipinski definition) is 2. The number of piperidine rings is 1. The summed E-state index contributed by atoms with van der Waals surface area (Å²) in [5.74, 6) is 1.90. The van der Waals surface area contributed by atoms with Crippen LogP contribution in [0.5, 0.6) is 11.5 Å². The van der Waals surface area contributed by atoms with Gasteiger partial charge in [0.05, 0.1) is 19.8 Å². The summed E-state index contributed by atoms with van der Waals surface area (Å²) in [6.45, 7) is 0.854. The first kappa shape index (κ1) is 14.7. The number of ether oxygens (including phenoxy) is 2. The molecule has 1 saturated heterocycles. The van der Waals surface area contributed by atoms with E-state index in [9.17, 15) is 5.11 Å². The van der Waals surface area contributed by atoms with Gasteiger partial charge in [0.15, 0.2) is 0 Å². The molecular weight excluding hydrogens is 266 g/mol. The Morgan fingerprint density at radius 3 is 2.81 bits per heavy atom. The van der Waals surface area contributed by atoms with Gasteiger partial charge in [-0.2, -0.15) is 0 Å². The molecule has 4 nitrogen and oxygen atoms in total. The summed E-state index contributed by atoms with van der Waals surface area (Å²) in [4.78, 5) is 0. The van der Waals surface area contributed by atoms with E-state index < -0.39 is 5.60 Å². The number of benzene rings is 1. The summed E-state index contributed by atoms with van der Waals surface area (Å²) < 4.78 is 10.8. The van der Waals surface area contributed by atoms with Gasteiger partial charge >= 0.3 is 0 Å². The van der Waals surface area contributed by atoms with Crippen molar-refractivity contribution in [3.8, 4) is 11.5 Å². The molecule has 116 valence electrons. The van der Waals surface area contributed by atoms with Gasteiger partial charge in [0.1, 0.15) is 11.5 Å². The molecular formula is C17H25NO3. The maximum absolute atomic E-state index is 11.0. The van der Waals surface area contributed by atoms with Crippen molar-refractivity contribution in [2.24, 2.45) is 5.92 Å². The zero-order valence-electron chi connectivity index (χ0n) is 12.9. The van der Waals surface area contributed by atoms with E-state index in [-0.39, 0.29) is 12.0 Å². The van der Waals surface area contributed by atoms with Gasteiger partial charge in [0.2, 0.25) is 0 Å². The van der Waals surface area contributed by atoms with Crippen LogP contribution in [0.4, 0.5) is 0 Å². The van der Waals surface area contributed by atoms with E-state index in [1.54, 1.807) is 14.2 Å². The maximum Gasteiger partial charge on any atom is 0.127 e. The van der Waals surface area contributed by atoms with Crippen LogP contribution in [0.15, 0.2) is 18.2 Å². The van der Waals surface area contributed by atoms with Crippen LogP contribution in [0.25, 0.3) is 0 Å². The Bertz CT molecular complexity index is 501. The predicted octanol–water partition coefficient (Wildman–Crippen LogP) is 2.66. The Hall–Kier alpha value is -1.26. The summed E-state index contributed by atoms with van der Waals surface area (Å²) in [5, 5.41) is 14.6. The number of hydrogen-bond acceptors (Lipinski definition) is 4. The Labute approximate surface area is 126 Å². The Kier molecular flexibility index (Phi) is 4.09. The SMILES string of the molecule is COc1ccc([C@@H]2NCC[C@]3(O)CCCC[C@@H]23)c(OC)c1. The molecule has 2 fully saturated rings. The molecule has 0 aromatic heterocycles. The van der Waals surface area contributed by atoms with E-state index in [4.69, 9.17) is 9.47 Å². The molecule has 1 aliphatic heterocycles. The smallest absolute Gasteiger partial charge is 0.127 e. The average molecular weight is 291 g/mol. The van der Waals surface area contributed by atoms with Gasteiger partial charge < -0.3 is 19.9 Å². The summed E-state index contributed by atoms with van der Waals surface area (Å²) in [6, 6.07) is 6.11. The molecule has 3 rings (SSSR count). The number of methoxy groups -OCH3 is 2. The van der Waals surface area contributed by atoms with Crippen molar-refractivity contribution in [2.45, 2.75) is 43.7 Å². The van der Waals surface area contributed by atoms with Gasteiger partial charge in [-0.1, -0.05) is 18.9 Å². The molecule has 1 saturated carbocycles. The standard InChI is InChI=1S/C17H25NO3/c1-20-12-6-7-13(15(11-12)21-2)16-14-5-3-4-8-17(14,19)9-10-18-16/h6-7,11,14,16,18-19H,3-5,8-10H2,1-2H3/t14-,16-,17+/m0/s1. The largest absolute Gasteiger partial charge is 0.497 e. The van der Waals surface area contributed by atoms with Crippen molar-refractivity contribution in [3.63, 3.8) is 0 Å². The van der Waals surface area contributed by atoms with E-state index in [2.05, 4.69) is 11.4 Å². The zero-order chi connectivity index (χ0) is 14.9. The Morgan fingerprint density at radius 2 is 2.05 bits per heavy atom. The summed E-state index contributed by atoms with van der Waals surface area (Å²) >= 11 is 0. The van der Waals surface area contributed by atoms with Gasteiger partial charge in [-0.05, 0) is 31.9 Å². The molecule has 0 unspecified atom stereocenters. The van der Waals surface area contributed by atoms with Gasteiger partial charge in [0.25, 0.3) is 0 Å². The van der Waals surface area contributed by atoms with Crippen molar-refractivity contribution in [2.75, 3.05) is 20.8 Å². The highest BCUT2D eigenvalue weighted by Crippen LogP contribution is 2.47. The van der Waals surface area contributed by atoms with E-state index >= 15 is 0 Å². The van der Waals surface area contributed by atoms with Crippen LogP contribution in [-0.4, -0.2) is 31.5 Å². The maximum atomic E-state index is 11.0. The molecule has 0 radical (unpaired) electrons. The lowest BCUT2D eigenvalue weighted by molar-refractivity contribution is -0.0863. The van der Waals surface area contributed by atoms with Crippen LogP contribution in [0.2, 0.25) is 0 Å². The second kappa shape index (κ2) is 5.85. The van der Waals surface area contributed by atoms with Gasteiger partial charge in [0, 0.05) is 23.6 Å². The molecule has 3 atom stereocenters. The van der Waals surface area contributed by atoms with Gasteiger partial charge in [-0.15, -0.1) is 0 Å². The number of nitrogens with one attached hydrogen (secondary N) is 1. The lowest BCUT2D eigenvalue weighted by atomic mass is 9.66. The molecule has 0 bridgehead atoms. The molecule has 2 aliphatic rings. The molecule has 21 heavy (non-hydrogen) atoms. The molecule has 0 amide bonds. The first-order valence-electron chi connectivity index (χ1n) is 7.85. The summed E-state index contributed by atoms with van der Waals surface area (Å²) in [6.07, 6.45) is 5.19.